The first kappa shape index (κ1) is 32.4. The summed E-state index contributed by atoms with van der Waals surface area (Å²) in [5, 5.41) is 24.3. The smallest absolute Gasteiger partial charge is 0.194 e. The molecule has 0 amide bonds. The molecule has 0 saturated heterocycles. The number of hydrogen-bond acceptors (Lipinski definition) is 3. The van der Waals surface area contributed by atoms with Crippen molar-refractivity contribution < 1.29 is 0 Å². The highest BCUT2D eigenvalue weighted by atomic mass is 15.0. The molecule has 0 spiro atoms. The first-order chi connectivity index (χ1) is 27.6. The molecule has 10 rings (SSSR count). The van der Waals surface area contributed by atoms with Crippen molar-refractivity contribution in [3.05, 3.63) is 193 Å². The number of fused-ring (bicyclic) bond motifs is 6. The van der Waals surface area contributed by atoms with Crippen LogP contribution in [0.3, 0.4) is 0 Å². The Morgan fingerprint density at radius 3 is 1.82 bits per heavy atom. The summed E-state index contributed by atoms with van der Waals surface area (Å²) in [6.45, 7) is 7.74. The van der Waals surface area contributed by atoms with Crippen molar-refractivity contribution in [1.29, 1.82) is 10.5 Å². The lowest BCUT2D eigenvalue weighted by Gasteiger charge is -2.16. The largest absolute Gasteiger partial charge is 0.309 e. The number of rotatable bonds is 5. The molecule has 0 bridgehead atoms. The van der Waals surface area contributed by atoms with Crippen LogP contribution in [0.2, 0.25) is 0 Å². The molecule has 3 heterocycles. The van der Waals surface area contributed by atoms with E-state index in [1.54, 1.807) is 0 Å². The molecule has 0 saturated carbocycles. The Balaban J connectivity index is 1.17. The fourth-order valence-electron chi connectivity index (χ4n) is 8.18. The Kier molecular flexibility index (Phi) is 7.53. The number of hydrogen-bond donors (Lipinski definition) is 0. The molecule has 3 aromatic heterocycles. The first-order valence-corrected chi connectivity index (χ1v) is 18.2. The molecular weight excluding hydrogens is 685 g/mol. The quantitative estimate of drug-likeness (QED) is 0.167. The Morgan fingerprint density at radius 2 is 1.11 bits per heavy atom. The zero-order chi connectivity index (χ0) is 37.8. The summed E-state index contributed by atoms with van der Waals surface area (Å²) in [7, 11) is 0. The average molecular weight is 713 g/mol. The fraction of sp³-hybridized carbons (Fsp3) is 0. The molecule has 0 atom stereocenters. The number of nitriles is 2. The van der Waals surface area contributed by atoms with E-state index in [2.05, 4.69) is 105 Å². The molecule has 10 aromatic rings. The summed E-state index contributed by atoms with van der Waals surface area (Å²) >= 11 is 0. The van der Waals surface area contributed by atoms with Gasteiger partial charge in [0.25, 0.3) is 0 Å². The van der Waals surface area contributed by atoms with Crippen molar-refractivity contribution in [3.8, 4) is 57.0 Å². The van der Waals surface area contributed by atoms with Gasteiger partial charge in [-0.1, -0.05) is 91.0 Å². The van der Waals surface area contributed by atoms with E-state index in [-0.39, 0.29) is 0 Å². The van der Waals surface area contributed by atoms with E-state index < -0.39 is 0 Å². The maximum absolute atomic E-state index is 10.1. The van der Waals surface area contributed by atoms with E-state index in [9.17, 15) is 10.5 Å². The van der Waals surface area contributed by atoms with Crippen molar-refractivity contribution in [2.24, 2.45) is 0 Å². The SMILES string of the molecule is [C-]#[N+]c1ccccc1-c1ccc2c(c1)c1ccccc1n2-c1ccnc(-c2cc(C#N)ccc2-n2c3ccccc3c3cc(-c4ccccc4C#N)ccc32)c1. The number of aromatic nitrogens is 3. The fourth-order valence-corrected chi connectivity index (χ4v) is 8.18. The van der Waals surface area contributed by atoms with Crippen LogP contribution in [0.15, 0.2) is 170 Å². The minimum absolute atomic E-state index is 0.538. The minimum Gasteiger partial charge on any atom is -0.309 e. The highest BCUT2D eigenvalue weighted by Gasteiger charge is 2.20. The van der Waals surface area contributed by atoms with Gasteiger partial charge in [0.2, 0.25) is 0 Å². The summed E-state index contributed by atoms with van der Waals surface area (Å²) in [6.07, 6.45) is 1.83. The Morgan fingerprint density at radius 1 is 0.500 bits per heavy atom. The number of benzene rings is 7. The van der Waals surface area contributed by atoms with Gasteiger partial charge in [-0.3, -0.25) is 4.98 Å². The van der Waals surface area contributed by atoms with Crippen LogP contribution in [-0.4, -0.2) is 14.1 Å². The van der Waals surface area contributed by atoms with Gasteiger partial charge in [-0.05, 0) is 95.1 Å². The molecule has 0 fully saturated rings. The summed E-state index contributed by atoms with van der Waals surface area (Å²) in [5.41, 5.74) is 13.1. The number of nitrogens with zero attached hydrogens (tertiary/aromatic N) is 6. The van der Waals surface area contributed by atoms with Crippen LogP contribution in [0, 0.1) is 29.2 Å². The third-order valence-electron chi connectivity index (χ3n) is 10.7. The highest BCUT2D eigenvalue weighted by Crippen LogP contribution is 2.41. The van der Waals surface area contributed by atoms with Crippen LogP contribution < -0.4 is 0 Å². The van der Waals surface area contributed by atoms with Gasteiger partial charge in [-0.15, -0.1) is 0 Å². The molecule has 0 aliphatic rings. The van der Waals surface area contributed by atoms with Gasteiger partial charge < -0.3 is 9.13 Å². The Bertz CT molecular complexity index is 3360. The maximum Gasteiger partial charge on any atom is 0.194 e. The molecule has 258 valence electrons. The lowest BCUT2D eigenvalue weighted by molar-refractivity contribution is 1.14. The van der Waals surface area contributed by atoms with Crippen molar-refractivity contribution in [2.75, 3.05) is 0 Å². The molecule has 56 heavy (non-hydrogen) atoms. The molecule has 6 heteroatoms. The minimum atomic E-state index is 0.538. The monoisotopic (exact) mass is 712 g/mol. The second-order valence-corrected chi connectivity index (χ2v) is 13.7. The molecule has 0 radical (unpaired) electrons. The lowest BCUT2D eigenvalue weighted by Crippen LogP contribution is -2.00. The van der Waals surface area contributed by atoms with Gasteiger partial charge in [0.15, 0.2) is 5.69 Å². The second kappa shape index (κ2) is 13.0. The van der Waals surface area contributed by atoms with Crippen molar-refractivity contribution >= 4 is 49.3 Å². The topological polar surface area (TPSA) is 74.7 Å². The van der Waals surface area contributed by atoms with Crippen LogP contribution in [0.25, 0.3) is 93.3 Å². The highest BCUT2D eigenvalue weighted by molar-refractivity contribution is 6.12. The van der Waals surface area contributed by atoms with Crippen LogP contribution >= 0.6 is 0 Å². The van der Waals surface area contributed by atoms with Gasteiger partial charge in [-0.2, -0.15) is 10.5 Å². The molecule has 0 aliphatic carbocycles. The van der Waals surface area contributed by atoms with E-state index in [0.717, 1.165) is 88.5 Å². The van der Waals surface area contributed by atoms with E-state index in [0.29, 0.717) is 16.8 Å². The van der Waals surface area contributed by atoms with Crippen LogP contribution in [0.1, 0.15) is 11.1 Å². The van der Waals surface area contributed by atoms with Crippen LogP contribution in [-0.2, 0) is 0 Å². The summed E-state index contributed by atoms with van der Waals surface area (Å²) in [4.78, 5) is 8.72. The predicted molar refractivity (Wildman–Crippen MR) is 225 cm³/mol. The van der Waals surface area contributed by atoms with Gasteiger partial charge in [0, 0.05) is 39.0 Å². The number of pyridine rings is 1. The Labute approximate surface area is 322 Å². The zero-order valence-electron chi connectivity index (χ0n) is 29.8. The van der Waals surface area contributed by atoms with E-state index in [1.807, 2.05) is 91.1 Å². The van der Waals surface area contributed by atoms with Crippen LogP contribution in [0.4, 0.5) is 5.69 Å². The summed E-state index contributed by atoms with van der Waals surface area (Å²) < 4.78 is 4.51. The normalized spacial score (nSPS) is 11.2. The van der Waals surface area contributed by atoms with Crippen LogP contribution in [0.5, 0.6) is 0 Å². The maximum atomic E-state index is 10.1. The average Bonchev–Trinajstić information content (AvgIpc) is 3.78. The molecule has 0 N–H and O–H groups in total. The standard InChI is InChI=1S/C50H28N6/c1-53-44-15-7-4-12-38(44)34-20-22-48-41(28-34)39-13-5-8-16-46(39)55(48)36-24-25-54-45(29-36)43-26-32(30-51)18-21-50(43)56-47-17-9-6-14-40(47)42-27-33(19-23-49(42)56)37-11-3-2-10-35(37)31-52/h2-29H. The number of para-hydroxylation sites is 3. The summed E-state index contributed by atoms with van der Waals surface area (Å²) in [5.74, 6) is 0. The first-order valence-electron chi connectivity index (χ1n) is 18.2. The molecule has 6 nitrogen and oxygen atoms in total. The van der Waals surface area contributed by atoms with E-state index in [4.69, 9.17) is 11.6 Å². The van der Waals surface area contributed by atoms with Crippen molar-refractivity contribution in [3.63, 3.8) is 0 Å². The Hall–Kier alpha value is -8.24. The molecule has 0 unspecified atom stereocenters. The summed E-state index contributed by atoms with van der Waals surface area (Å²) in [6, 6.07) is 59.5. The second-order valence-electron chi connectivity index (χ2n) is 13.7. The lowest BCUT2D eigenvalue weighted by atomic mass is 9.98. The third-order valence-corrected chi connectivity index (χ3v) is 10.7. The van der Waals surface area contributed by atoms with E-state index in [1.165, 1.54) is 0 Å². The van der Waals surface area contributed by atoms with Gasteiger partial charge in [0.05, 0.1) is 63.3 Å². The van der Waals surface area contributed by atoms with Crippen molar-refractivity contribution in [2.45, 2.75) is 0 Å². The molecule has 0 aliphatic heterocycles. The van der Waals surface area contributed by atoms with Gasteiger partial charge in [-0.25, -0.2) is 4.85 Å². The van der Waals surface area contributed by atoms with Crippen molar-refractivity contribution in [1.82, 2.24) is 14.1 Å². The van der Waals surface area contributed by atoms with Gasteiger partial charge in [0.1, 0.15) is 0 Å². The van der Waals surface area contributed by atoms with Gasteiger partial charge >= 0.3 is 0 Å². The third kappa shape index (κ3) is 5.05. The predicted octanol–water partition coefficient (Wildman–Crippen LogP) is 12.6. The molecular formula is C50H28N6. The van der Waals surface area contributed by atoms with E-state index >= 15 is 0 Å². The molecule has 7 aromatic carbocycles. The zero-order valence-corrected chi connectivity index (χ0v) is 29.8.